The molecule has 16 heavy (non-hydrogen) atoms. The molecule has 0 saturated heterocycles. The molecule has 0 aromatic rings. The van der Waals surface area contributed by atoms with E-state index in [0.717, 1.165) is 25.7 Å². The van der Waals surface area contributed by atoms with Crippen molar-refractivity contribution >= 4 is 11.9 Å². The van der Waals surface area contributed by atoms with Gasteiger partial charge in [-0.05, 0) is 18.8 Å². The fraction of sp³-hybridized carbons (Fsp3) is 0.800. The van der Waals surface area contributed by atoms with Crippen molar-refractivity contribution < 1.29 is 15.0 Å². The van der Waals surface area contributed by atoms with Crippen molar-refractivity contribution in [3.05, 3.63) is 0 Å². The lowest BCUT2D eigenvalue weighted by Gasteiger charge is -2.21. The highest BCUT2D eigenvalue weighted by molar-refractivity contribution is 5.71. The van der Waals surface area contributed by atoms with Crippen LogP contribution >= 0.6 is 0 Å². The Hall–Kier alpha value is -1.30. The standard InChI is InChI=1S/C7H14O.C2H4O2.CH5N3/c1-6-3-2-4-7(8)5-6;1-2(3)4;2-1(3)4/h6-8H,2-5H2,1H3;1H3,(H,3,4);(H5,2,3,4). The molecule has 0 amide bonds. The second-order valence-corrected chi connectivity index (χ2v) is 3.90. The summed E-state index contributed by atoms with van der Waals surface area (Å²) in [4.78, 5) is 9.00. The van der Waals surface area contributed by atoms with Crippen LogP contribution in [0.15, 0.2) is 0 Å². The van der Waals surface area contributed by atoms with Crippen LogP contribution < -0.4 is 11.5 Å². The Balaban J connectivity index is 0. The highest BCUT2D eigenvalue weighted by Gasteiger charge is 2.15. The number of carboxylic acid groups (broad SMARTS) is 1. The van der Waals surface area contributed by atoms with Gasteiger partial charge in [0.1, 0.15) is 0 Å². The Kier molecular flexibility index (Phi) is 10.9. The smallest absolute Gasteiger partial charge is 0.300 e. The summed E-state index contributed by atoms with van der Waals surface area (Å²) in [7, 11) is 0. The van der Waals surface area contributed by atoms with Crippen LogP contribution in [0.25, 0.3) is 0 Å². The van der Waals surface area contributed by atoms with Crippen molar-refractivity contribution in [3.63, 3.8) is 0 Å². The summed E-state index contributed by atoms with van der Waals surface area (Å²) >= 11 is 0. The Bertz CT molecular complexity index is 181. The molecule has 1 rings (SSSR count). The predicted octanol–water partition coefficient (Wildman–Crippen LogP) is 0.487. The Labute approximate surface area is 96.1 Å². The Morgan fingerprint density at radius 3 is 1.94 bits per heavy atom. The molecule has 0 radical (unpaired) electrons. The molecule has 6 nitrogen and oxygen atoms in total. The van der Waals surface area contributed by atoms with Crippen LogP contribution in [0.3, 0.4) is 0 Å². The summed E-state index contributed by atoms with van der Waals surface area (Å²) in [5, 5.41) is 22.6. The molecule has 1 aliphatic carbocycles. The summed E-state index contributed by atoms with van der Waals surface area (Å²) < 4.78 is 0. The highest BCUT2D eigenvalue weighted by atomic mass is 16.4. The van der Waals surface area contributed by atoms with E-state index in [4.69, 9.17) is 20.4 Å². The second kappa shape index (κ2) is 10.2. The number of hydrogen-bond donors (Lipinski definition) is 5. The minimum absolute atomic E-state index is 0.0127. The average Bonchev–Trinajstić information content (AvgIpc) is 2.00. The largest absolute Gasteiger partial charge is 0.481 e. The first kappa shape index (κ1) is 17.1. The first-order chi connectivity index (χ1) is 7.25. The van der Waals surface area contributed by atoms with E-state index in [1.807, 2.05) is 0 Å². The van der Waals surface area contributed by atoms with E-state index in [1.54, 1.807) is 0 Å². The fourth-order valence-electron chi connectivity index (χ4n) is 1.40. The minimum Gasteiger partial charge on any atom is -0.481 e. The molecule has 0 aliphatic heterocycles. The fourth-order valence-corrected chi connectivity index (χ4v) is 1.40. The van der Waals surface area contributed by atoms with Gasteiger partial charge in [0.2, 0.25) is 0 Å². The van der Waals surface area contributed by atoms with Crippen LogP contribution in [0, 0.1) is 11.3 Å². The molecule has 1 fully saturated rings. The van der Waals surface area contributed by atoms with Crippen LogP contribution in [-0.4, -0.2) is 28.2 Å². The van der Waals surface area contributed by atoms with Gasteiger partial charge in [-0.1, -0.05) is 19.8 Å². The third-order valence-corrected chi connectivity index (χ3v) is 1.91. The van der Waals surface area contributed by atoms with Gasteiger partial charge in [-0.25, -0.2) is 0 Å². The monoisotopic (exact) mass is 233 g/mol. The van der Waals surface area contributed by atoms with Crippen LogP contribution in [0.2, 0.25) is 0 Å². The quantitative estimate of drug-likeness (QED) is 0.306. The maximum absolute atomic E-state index is 9.08. The molecule has 2 atom stereocenters. The van der Waals surface area contributed by atoms with Crippen molar-refractivity contribution in [2.24, 2.45) is 17.4 Å². The second-order valence-electron chi connectivity index (χ2n) is 3.90. The summed E-state index contributed by atoms with van der Waals surface area (Å²) in [5.41, 5.74) is 8.94. The van der Waals surface area contributed by atoms with E-state index >= 15 is 0 Å². The molecule has 0 aromatic carbocycles. The first-order valence-electron chi connectivity index (χ1n) is 5.22. The van der Waals surface area contributed by atoms with Crippen LogP contribution in [0.1, 0.15) is 39.5 Å². The number of hydrogen-bond acceptors (Lipinski definition) is 3. The van der Waals surface area contributed by atoms with Gasteiger partial charge < -0.3 is 21.7 Å². The maximum Gasteiger partial charge on any atom is 0.300 e. The highest BCUT2D eigenvalue weighted by Crippen LogP contribution is 2.22. The van der Waals surface area contributed by atoms with Gasteiger partial charge >= 0.3 is 0 Å². The molecule has 96 valence electrons. The molecule has 7 N–H and O–H groups in total. The van der Waals surface area contributed by atoms with Crippen LogP contribution in [-0.2, 0) is 4.79 Å². The molecule has 6 heteroatoms. The Morgan fingerprint density at radius 1 is 1.38 bits per heavy atom. The zero-order valence-electron chi connectivity index (χ0n) is 9.94. The van der Waals surface area contributed by atoms with E-state index in [2.05, 4.69) is 18.4 Å². The van der Waals surface area contributed by atoms with Crippen molar-refractivity contribution in [1.82, 2.24) is 0 Å². The number of aliphatic hydroxyl groups is 1. The van der Waals surface area contributed by atoms with Gasteiger partial charge in [0.15, 0.2) is 5.96 Å². The van der Waals surface area contributed by atoms with Crippen molar-refractivity contribution in [2.75, 3.05) is 0 Å². The minimum atomic E-state index is -0.833. The summed E-state index contributed by atoms with van der Waals surface area (Å²) in [6.45, 7) is 3.29. The number of carbonyl (C=O) groups is 1. The van der Waals surface area contributed by atoms with E-state index in [0.29, 0.717) is 0 Å². The topological polar surface area (TPSA) is 133 Å². The number of nitrogens with two attached hydrogens (primary N) is 2. The molecule has 0 heterocycles. The molecule has 2 unspecified atom stereocenters. The molecular formula is C10H23N3O3. The SMILES string of the molecule is CC(=O)O.CC1CCCC(O)C1.N=C(N)N. The first-order valence-corrected chi connectivity index (χ1v) is 5.22. The van der Waals surface area contributed by atoms with Crippen LogP contribution in [0.5, 0.6) is 0 Å². The summed E-state index contributed by atoms with van der Waals surface area (Å²) in [6, 6.07) is 0. The molecular weight excluding hydrogens is 210 g/mol. The molecule has 0 bridgehead atoms. The lowest BCUT2D eigenvalue weighted by atomic mass is 9.89. The number of guanidine groups is 1. The Morgan fingerprint density at radius 2 is 1.75 bits per heavy atom. The molecule has 0 spiro atoms. The summed E-state index contributed by atoms with van der Waals surface area (Å²) in [5.74, 6) is -0.404. The van der Waals surface area contributed by atoms with Crippen LogP contribution in [0.4, 0.5) is 0 Å². The van der Waals surface area contributed by atoms with Crippen molar-refractivity contribution in [3.8, 4) is 0 Å². The lowest BCUT2D eigenvalue weighted by Crippen LogP contribution is -2.20. The number of rotatable bonds is 0. The number of aliphatic carboxylic acids is 1. The van der Waals surface area contributed by atoms with Gasteiger partial charge in [0.25, 0.3) is 5.97 Å². The van der Waals surface area contributed by atoms with Gasteiger partial charge in [0.05, 0.1) is 6.10 Å². The predicted molar refractivity (Wildman–Crippen MR) is 63.1 cm³/mol. The van der Waals surface area contributed by atoms with Gasteiger partial charge in [-0.3, -0.25) is 10.2 Å². The third kappa shape index (κ3) is 23.0. The molecule has 1 saturated carbocycles. The number of aliphatic hydroxyl groups excluding tert-OH is 1. The van der Waals surface area contributed by atoms with E-state index in [-0.39, 0.29) is 12.1 Å². The number of carboxylic acids is 1. The van der Waals surface area contributed by atoms with E-state index in [1.165, 1.54) is 12.8 Å². The normalized spacial score (nSPS) is 22.9. The van der Waals surface area contributed by atoms with Gasteiger partial charge in [-0.2, -0.15) is 0 Å². The van der Waals surface area contributed by atoms with Gasteiger partial charge in [0, 0.05) is 6.92 Å². The van der Waals surface area contributed by atoms with E-state index in [9.17, 15) is 0 Å². The third-order valence-electron chi connectivity index (χ3n) is 1.91. The number of nitrogens with one attached hydrogen (secondary N) is 1. The molecule has 1 aliphatic rings. The maximum atomic E-state index is 9.08. The zero-order valence-corrected chi connectivity index (χ0v) is 9.94. The van der Waals surface area contributed by atoms with Gasteiger partial charge in [-0.15, -0.1) is 0 Å². The zero-order chi connectivity index (χ0) is 13.1. The average molecular weight is 233 g/mol. The van der Waals surface area contributed by atoms with E-state index < -0.39 is 5.97 Å². The summed E-state index contributed by atoms with van der Waals surface area (Å²) in [6.07, 6.45) is 4.61. The lowest BCUT2D eigenvalue weighted by molar-refractivity contribution is -0.134. The molecule has 0 aromatic heterocycles. The van der Waals surface area contributed by atoms with Crippen molar-refractivity contribution in [1.29, 1.82) is 5.41 Å². The van der Waals surface area contributed by atoms with Crippen molar-refractivity contribution in [2.45, 2.75) is 45.6 Å².